The van der Waals surface area contributed by atoms with Gasteiger partial charge in [-0.05, 0) is 73.6 Å². The van der Waals surface area contributed by atoms with Crippen LogP contribution < -0.4 is 15.4 Å². The molecule has 6 rings (SSSR count). The molecule has 3 aromatic heterocycles. The summed E-state index contributed by atoms with van der Waals surface area (Å²) in [6.07, 6.45) is 4.41. The maximum absolute atomic E-state index is 13.5. The van der Waals surface area contributed by atoms with Crippen molar-refractivity contribution in [3.8, 4) is 22.9 Å². The quantitative estimate of drug-likeness (QED) is 0.205. The van der Waals surface area contributed by atoms with E-state index in [0.717, 1.165) is 57.1 Å². The van der Waals surface area contributed by atoms with Crippen LogP contribution >= 0.6 is 0 Å². The van der Waals surface area contributed by atoms with Gasteiger partial charge in [-0.15, -0.1) is 0 Å². The van der Waals surface area contributed by atoms with E-state index >= 15 is 0 Å². The number of hydrogen-bond acceptors (Lipinski definition) is 9. The van der Waals surface area contributed by atoms with E-state index in [-0.39, 0.29) is 5.82 Å². The Labute approximate surface area is 230 Å². The molecule has 4 heterocycles. The van der Waals surface area contributed by atoms with E-state index in [1.54, 1.807) is 18.5 Å². The normalized spacial score (nSPS) is 13.8. The van der Waals surface area contributed by atoms with Gasteiger partial charge in [-0.3, -0.25) is 4.90 Å². The Hall–Kier alpha value is -4.61. The number of aromatic nitrogens is 5. The Morgan fingerprint density at radius 2 is 1.85 bits per heavy atom. The number of fused-ring (bicyclic) bond motifs is 1. The van der Waals surface area contributed by atoms with Gasteiger partial charge in [0.25, 0.3) is 0 Å². The van der Waals surface area contributed by atoms with Crippen LogP contribution in [0.5, 0.6) is 11.6 Å². The van der Waals surface area contributed by atoms with Crippen LogP contribution in [0.15, 0.2) is 73.1 Å². The van der Waals surface area contributed by atoms with Crippen LogP contribution in [0.1, 0.15) is 6.42 Å². The second kappa shape index (κ2) is 12.1. The molecule has 0 unspecified atom stereocenters. The van der Waals surface area contributed by atoms with Crippen molar-refractivity contribution in [3.05, 3.63) is 78.9 Å². The number of hydrogen-bond donors (Lipinski definition) is 3. The average molecular weight is 541 g/mol. The molecule has 2 aromatic carbocycles. The first-order chi connectivity index (χ1) is 19.7. The highest BCUT2D eigenvalue weighted by molar-refractivity contribution is 5.78. The molecule has 1 fully saturated rings. The van der Waals surface area contributed by atoms with Crippen molar-refractivity contribution in [2.24, 2.45) is 0 Å². The largest absolute Gasteiger partial charge is 0.438 e. The minimum atomic E-state index is -0.313. The molecule has 0 saturated carbocycles. The molecule has 204 valence electrons. The summed E-state index contributed by atoms with van der Waals surface area (Å²) >= 11 is 0. The summed E-state index contributed by atoms with van der Waals surface area (Å²) in [6, 6.07) is 17.5. The molecule has 3 N–H and O–H groups in total. The number of nitrogens with zero attached hydrogens (tertiary/aromatic N) is 5. The lowest BCUT2D eigenvalue weighted by Crippen LogP contribution is -2.37. The number of anilines is 3. The summed E-state index contributed by atoms with van der Waals surface area (Å²) in [5.74, 6) is 1.84. The minimum absolute atomic E-state index is 0.313. The lowest BCUT2D eigenvalue weighted by molar-refractivity contribution is 0.0378. The molecule has 1 aliphatic rings. The highest BCUT2D eigenvalue weighted by atomic mass is 19.1. The van der Waals surface area contributed by atoms with Crippen molar-refractivity contribution in [2.45, 2.75) is 6.42 Å². The zero-order valence-corrected chi connectivity index (χ0v) is 21.8. The topological polar surface area (TPSA) is 113 Å². The van der Waals surface area contributed by atoms with Gasteiger partial charge < -0.3 is 25.1 Å². The molecule has 5 aromatic rings. The van der Waals surface area contributed by atoms with Gasteiger partial charge >= 0.3 is 0 Å². The molecule has 0 aliphatic carbocycles. The van der Waals surface area contributed by atoms with E-state index < -0.39 is 0 Å². The fraction of sp³-hybridized carbons (Fsp3) is 0.241. The van der Waals surface area contributed by atoms with Crippen LogP contribution in [0.4, 0.5) is 22.0 Å². The van der Waals surface area contributed by atoms with E-state index in [0.29, 0.717) is 40.3 Å². The number of rotatable bonds is 10. The smallest absolute Gasteiger partial charge is 0.228 e. The molecule has 0 radical (unpaired) electrons. The molecule has 1 saturated heterocycles. The number of imidazole rings is 1. The standard InChI is InChI=1S/C29H29FN8O2/c30-20-4-9-25-26(19-20)37-29(36-25)34-21-5-7-22(8-6-21)40-27-23(3-1-11-31-27)24-10-13-33-28(35-24)32-12-2-14-38-15-17-39-18-16-38/h1,3-11,13,19H,2,12,14-18H2,(H,32,33,35)(H2,34,36,37). The van der Waals surface area contributed by atoms with Gasteiger partial charge in [0, 0.05) is 37.7 Å². The Morgan fingerprint density at radius 3 is 2.73 bits per heavy atom. The lowest BCUT2D eigenvalue weighted by Gasteiger charge is -2.26. The molecular weight excluding hydrogens is 511 g/mol. The lowest BCUT2D eigenvalue weighted by atomic mass is 10.2. The van der Waals surface area contributed by atoms with Crippen LogP contribution in [-0.4, -0.2) is 69.2 Å². The number of benzene rings is 2. The highest BCUT2D eigenvalue weighted by Crippen LogP contribution is 2.31. The average Bonchev–Trinajstić information content (AvgIpc) is 3.39. The molecule has 1 aliphatic heterocycles. The number of ether oxygens (including phenoxy) is 2. The van der Waals surface area contributed by atoms with Gasteiger partial charge in [0.15, 0.2) is 0 Å². The molecule has 0 amide bonds. The van der Waals surface area contributed by atoms with E-state index in [4.69, 9.17) is 14.5 Å². The third-order valence-electron chi connectivity index (χ3n) is 6.52. The van der Waals surface area contributed by atoms with E-state index in [1.165, 1.54) is 12.1 Å². The first-order valence-electron chi connectivity index (χ1n) is 13.2. The van der Waals surface area contributed by atoms with Crippen molar-refractivity contribution in [3.63, 3.8) is 0 Å². The van der Waals surface area contributed by atoms with E-state index in [2.05, 4.69) is 35.5 Å². The van der Waals surface area contributed by atoms with E-state index in [9.17, 15) is 4.39 Å². The summed E-state index contributed by atoms with van der Waals surface area (Å²) in [5.41, 5.74) is 3.59. The zero-order chi connectivity index (χ0) is 27.1. The summed E-state index contributed by atoms with van der Waals surface area (Å²) in [4.78, 5) is 23.4. The Balaban J connectivity index is 1.09. The van der Waals surface area contributed by atoms with Crippen LogP contribution in [0.25, 0.3) is 22.3 Å². The Bertz CT molecular complexity index is 1570. The maximum atomic E-state index is 13.5. The van der Waals surface area contributed by atoms with Crippen LogP contribution in [0, 0.1) is 5.82 Å². The molecule has 0 atom stereocenters. The zero-order valence-electron chi connectivity index (χ0n) is 21.8. The first kappa shape index (κ1) is 25.7. The fourth-order valence-corrected chi connectivity index (χ4v) is 4.48. The monoisotopic (exact) mass is 540 g/mol. The predicted molar refractivity (Wildman–Crippen MR) is 151 cm³/mol. The predicted octanol–water partition coefficient (Wildman–Crippen LogP) is 5.22. The van der Waals surface area contributed by atoms with Gasteiger partial charge in [0.2, 0.25) is 17.8 Å². The number of nitrogens with one attached hydrogen (secondary N) is 3. The van der Waals surface area contributed by atoms with Gasteiger partial charge in [-0.25, -0.2) is 24.3 Å². The third-order valence-corrected chi connectivity index (χ3v) is 6.52. The number of morpholine rings is 1. The van der Waals surface area contributed by atoms with Crippen molar-refractivity contribution in [1.82, 2.24) is 29.8 Å². The highest BCUT2D eigenvalue weighted by Gasteiger charge is 2.13. The van der Waals surface area contributed by atoms with Gasteiger partial charge in [0.05, 0.1) is 35.5 Å². The molecule has 40 heavy (non-hydrogen) atoms. The summed E-state index contributed by atoms with van der Waals surface area (Å²) < 4.78 is 25.0. The molecule has 0 bridgehead atoms. The van der Waals surface area contributed by atoms with Crippen molar-refractivity contribution in [2.75, 3.05) is 50.0 Å². The Morgan fingerprint density at radius 1 is 0.975 bits per heavy atom. The second-order valence-corrected chi connectivity index (χ2v) is 9.35. The summed E-state index contributed by atoms with van der Waals surface area (Å²) in [6.45, 7) is 5.38. The molecule has 0 spiro atoms. The van der Waals surface area contributed by atoms with Gasteiger partial charge in [0.1, 0.15) is 11.6 Å². The minimum Gasteiger partial charge on any atom is -0.438 e. The van der Waals surface area contributed by atoms with Crippen LogP contribution in [0.2, 0.25) is 0 Å². The SMILES string of the molecule is Fc1ccc2nc(Nc3ccc(Oc4ncccc4-c4ccnc(NCCCN5CCOCC5)n4)cc3)[nH]c2c1. The van der Waals surface area contributed by atoms with Gasteiger partial charge in [-0.2, -0.15) is 0 Å². The van der Waals surface area contributed by atoms with Crippen molar-refractivity contribution in [1.29, 1.82) is 0 Å². The number of pyridine rings is 1. The molecular formula is C29H29FN8O2. The number of halogens is 1. The fourth-order valence-electron chi connectivity index (χ4n) is 4.48. The Kier molecular flexibility index (Phi) is 7.73. The first-order valence-corrected chi connectivity index (χ1v) is 13.2. The maximum Gasteiger partial charge on any atom is 0.228 e. The summed E-state index contributed by atoms with van der Waals surface area (Å²) in [5, 5.41) is 6.52. The van der Waals surface area contributed by atoms with Crippen molar-refractivity contribution >= 4 is 28.6 Å². The van der Waals surface area contributed by atoms with Crippen LogP contribution in [-0.2, 0) is 4.74 Å². The third kappa shape index (κ3) is 6.33. The molecule has 11 heteroatoms. The summed E-state index contributed by atoms with van der Waals surface area (Å²) in [7, 11) is 0. The van der Waals surface area contributed by atoms with Gasteiger partial charge in [-0.1, -0.05) is 0 Å². The second-order valence-electron chi connectivity index (χ2n) is 9.35. The number of aromatic amines is 1. The number of H-pyrrole nitrogens is 1. The molecule has 10 nitrogen and oxygen atoms in total. The van der Waals surface area contributed by atoms with E-state index in [1.807, 2.05) is 42.5 Å². The van der Waals surface area contributed by atoms with Crippen LogP contribution in [0.3, 0.4) is 0 Å². The van der Waals surface area contributed by atoms with Crippen molar-refractivity contribution < 1.29 is 13.9 Å².